The molecule has 3 aromatic rings. The molecule has 0 bridgehead atoms. The number of hydrogen-bond acceptors (Lipinski definition) is 5. The summed E-state index contributed by atoms with van der Waals surface area (Å²) in [6.07, 6.45) is 6.86. The van der Waals surface area contributed by atoms with E-state index in [9.17, 15) is 9.59 Å². The molecule has 0 atom stereocenters. The first-order valence-corrected chi connectivity index (χ1v) is 10.8. The maximum Gasteiger partial charge on any atom is 0.178 e. The SMILES string of the molecule is CC(=O)CCl.CC(=O)c1cnc2ccc(Br)cn12.CN(C)C=Nc1ccc(Br)cn1. The lowest BCUT2D eigenvalue weighted by atomic mass is 10.3. The summed E-state index contributed by atoms with van der Waals surface area (Å²) in [6, 6.07) is 7.52. The summed E-state index contributed by atoms with van der Waals surface area (Å²) >= 11 is 11.6. The van der Waals surface area contributed by atoms with Crippen LogP contribution in [0.3, 0.4) is 0 Å². The molecule has 10 heteroatoms. The Morgan fingerprint density at radius 3 is 2.23 bits per heavy atom. The molecule has 0 saturated heterocycles. The molecule has 0 aliphatic carbocycles. The lowest BCUT2D eigenvalue weighted by Gasteiger charge is -2.01. The zero-order valence-electron chi connectivity index (χ0n) is 17.0. The molecular weight excluding hydrogens is 538 g/mol. The van der Waals surface area contributed by atoms with E-state index in [2.05, 4.69) is 46.8 Å². The molecule has 0 N–H and O–H groups in total. The highest BCUT2D eigenvalue weighted by Crippen LogP contribution is 2.14. The number of fused-ring (bicyclic) bond motifs is 1. The summed E-state index contributed by atoms with van der Waals surface area (Å²) in [5.41, 5.74) is 1.39. The van der Waals surface area contributed by atoms with Gasteiger partial charge in [-0.3, -0.25) is 14.0 Å². The van der Waals surface area contributed by atoms with E-state index in [1.165, 1.54) is 13.8 Å². The highest BCUT2D eigenvalue weighted by Gasteiger charge is 2.06. The van der Waals surface area contributed by atoms with Crippen molar-refractivity contribution in [3.05, 3.63) is 57.5 Å². The minimum atomic E-state index is 0.0191. The molecule has 0 fully saturated rings. The van der Waals surface area contributed by atoms with E-state index >= 15 is 0 Å². The van der Waals surface area contributed by atoms with Crippen molar-refractivity contribution in [3.63, 3.8) is 0 Å². The van der Waals surface area contributed by atoms with Gasteiger partial charge in [-0.1, -0.05) is 0 Å². The van der Waals surface area contributed by atoms with Crippen LogP contribution in [0.25, 0.3) is 5.65 Å². The summed E-state index contributed by atoms with van der Waals surface area (Å²) in [7, 11) is 3.84. The first kappa shape index (κ1) is 25.9. The second kappa shape index (κ2) is 13.3. The van der Waals surface area contributed by atoms with Crippen LogP contribution in [0.4, 0.5) is 5.82 Å². The van der Waals surface area contributed by atoms with Crippen LogP contribution in [0.1, 0.15) is 24.3 Å². The van der Waals surface area contributed by atoms with Crippen LogP contribution >= 0.6 is 43.5 Å². The number of pyridine rings is 2. The van der Waals surface area contributed by atoms with Gasteiger partial charge in [0.2, 0.25) is 0 Å². The summed E-state index contributed by atoms with van der Waals surface area (Å²) < 4.78 is 3.67. The monoisotopic (exact) mass is 557 g/mol. The second-order valence-corrected chi connectivity index (χ2v) is 8.25. The van der Waals surface area contributed by atoms with Crippen LogP contribution in [0.15, 0.2) is 56.8 Å². The molecule has 0 spiro atoms. The zero-order valence-corrected chi connectivity index (χ0v) is 20.9. The standard InChI is InChI=1S/C9H7BrN2O.C8H10BrN3.C3H5ClO/c1-6(13)8-4-11-9-3-2-7(10)5-12(8)9;1-12(2)6-11-8-4-3-7(9)5-10-8;1-3(5)2-4/h2-5H,1H3;3-6H,1-2H3;2H2,1H3. The van der Waals surface area contributed by atoms with Crippen LogP contribution < -0.4 is 0 Å². The molecule has 160 valence electrons. The minimum Gasteiger partial charge on any atom is -0.369 e. The summed E-state index contributed by atoms with van der Waals surface area (Å²) in [5, 5.41) is 0. The Balaban J connectivity index is 0.000000248. The largest absolute Gasteiger partial charge is 0.369 e. The van der Waals surface area contributed by atoms with Gasteiger partial charge in [0.05, 0.1) is 18.4 Å². The molecule has 0 amide bonds. The van der Waals surface area contributed by atoms with Crippen molar-refractivity contribution in [1.29, 1.82) is 0 Å². The van der Waals surface area contributed by atoms with Gasteiger partial charge in [-0.15, -0.1) is 11.6 Å². The van der Waals surface area contributed by atoms with E-state index < -0.39 is 0 Å². The molecule has 7 nitrogen and oxygen atoms in total. The van der Waals surface area contributed by atoms with Gasteiger partial charge in [-0.2, -0.15) is 0 Å². The highest BCUT2D eigenvalue weighted by atomic mass is 79.9. The average molecular weight is 560 g/mol. The van der Waals surface area contributed by atoms with Crippen LogP contribution in [0, 0.1) is 0 Å². The average Bonchev–Trinajstić information content (AvgIpc) is 3.11. The van der Waals surface area contributed by atoms with Crippen molar-refractivity contribution in [2.45, 2.75) is 13.8 Å². The van der Waals surface area contributed by atoms with Crippen molar-refractivity contribution in [2.24, 2.45) is 4.99 Å². The summed E-state index contributed by atoms with van der Waals surface area (Å²) in [4.78, 5) is 35.0. The van der Waals surface area contributed by atoms with Gasteiger partial charge in [0.15, 0.2) is 11.6 Å². The molecule has 0 unspecified atom stereocenters. The molecular formula is C20H22Br2ClN5O2. The first-order valence-electron chi connectivity index (χ1n) is 8.65. The maximum atomic E-state index is 11.2. The van der Waals surface area contributed by atoms with Gasteiger partial charge >= 0.3 is 0 Å². The van der Waals surface area contributed by atoms with Crippen molar-refractivity contribution in [2.75, 3.05) is 20.0 Å². The Labute approximate surface area is 197 Å². The molecule has 0 saturated carbocycles. The highest BCUT2D eigenvalue weighted by molar-refractivity contribution is 9.10. The van der Waals surface area contributed by atoms with Crippen LogP contribution in [-0.2, 0) is 4.79 Å². The third kappa shape index (κ3) is 9.60. The van der Waals surface area contributed by atoms with Crippen molar-refractivity contribution >= 4 is 72.8 Å². The molecule has 0 aromatic carbocycles. The summed E-state index contributed by atoms with van der Waals surface area (Å²) in [5.74, 6) is 0.893. The van der Waals surface area contributed by atoms with Gasteiger partial charge in [0.1, 0.15) is 17.1 Å². The Hall–Kier alpha value is -2.10. The van der Waals surface area contributed by atoms with E-state index in [1.807, 2.05) is 49.5 Å². The topological polar surface area (TPSA) is 79.9 Å². The third-order valence-corrected chi connectivity index (χ3v) is 4.47. The molecule has 0 aliphatic rings. The van der Waals surface area contributed by atoms with Crippen molar-refractivity contribution in [3.8, 4) is 0 Å². The number of aliphatic imine (C=N–C) groups is 1. The second-order valence-electron chi connectivity index (χ2n) is 6.15. The van der Waals surface area contributed by atoms with E-state index in [1.54, 1.807) is 23.1 Å². The Bertz CT molecular complexity index is 1000. The molecule has 30 heavy (non-hydrogen) atoms. The molecule has 3 aromatic heterocycles. The lowest BCUT2D eigenvalue weighted by molar-refractivity contribution is -0.114. The smallest absolute Gasteiger partial charge is 0.178 e. The van der Waals surface area contributed by atoms with Crippen molar-refractivity contribution in [1.82, 2.24) is 19.3 Å². The predicted molar refractivity (Wildman–Crippen MR) is 128 cm³/mol. The minimum absolute atomic E-state index is 0.0191. The molecule has 3 heterocycles. The van der Waals surface area contributed by atoms with Crippen LogP contribution in [-0.4, -0.2) is 57.1 Å². The number of alkyl halides is 1. The van der Waals surface area contributed by atoms with Gasteiger partial charge in [-0.05, 0) is 63.0 Å². The Morgan fingerprint density at radius 2 is 1.73 bits per heavy atom. The number of halogens is 3. The summed E-state index contributed by atoms with van der Waals surface area (Å²) in [6.45, 7) is 2.98. The fourth-order valence-corrected chi connectivity index (χ4v) is 2.41. The number of carbonyl (C=O) groups is 2. The van der Waals surface area contributed by atoms with Gasteiger partial charge in [-0.25, -0.2) is 15.0 Å². The number of Topliss-reactive ketones (excluding diaryl/α,β-unsaturated/α-hetero) is 2. The molecule has 3 rings (SSSR count). The number of hydrogen-bond donors (Lipinski definition) is 0. The number of rotatable bonds is 4. The zero-order chi connectivity index (χ0) is 22.7. The number of carbonyl (C=O) groups excluding carboxylic acids is 2. The molecule has 0 aliphatic heterocycles. The van der Waals surface area contributed by atoms with E-state index in [0.717, 1.165) is 14.6 Å². The Kier molecular flexibility index (Phi) is 11.5. The molecule has 0 radical (unpaired) electrons. The van der Waals surface area contributed by atoms with Gasteiger partial charge < -0.3 is 4.90 Å². The lowest BCUT2D eigenvalue weighted by Crippen LogP contribution is -2.07. The predicted octanol–water partition coefficient (Wildman–Crippen LogP) is 5.18. The van der Waals surface area contributed by atoms with E-state index in [0.29, 0.717) is 11.5 Å². The maximum absolute atomic E-state index is 11.2. The van der Waals surface area contributed by atoms with Gasteiger partial charge in [0, 0.05) is 42.4 Å². The van der Waals surface area contributed by atoms with E-state index in [4.69, 9.17) is 11.6 Å². The Morgan fingerprint density at radius 1 is 1.10 bits per heavy atom. The van der Waals surface area contributed by atoms with Crippen LogP contribution in [0.5, 0.6) is 0 Å². The normalized spacial score (nSPS) is 10.1. The fourth-order valence-electron chi connectivity index (χ4n) is 1.83. The third-order valence-electron chi connectivity index (χ3n) is 3.15. The quantitative estimate of drug-likeness (QED) is 0.191. The van der Waals surface area contributed by atoms with Gasteiger partial charge in [0.25, 0.3) is 0 Å². The number of nitrogens with zero attached hydrogens (tertiary/aromatic N) is 5. The van der Waals surface area contributed by atoms with Crippen molar-refractivity contribution < 1.29 is 9.59 Å². The fraction of sp³-hybridized carbons (Fsp3) is 0.250. The van der Waals surface area contributed by atoms with Crippen LogP contribution in [0.2, 0.25) is 0 Å². The number of ketones is 2. The first-order chi connectivity index (χ1) is 14.1. The number of aromatic nitrogens is 3. The number of imidazole rings is 1. The van der Waals surface area contributed by atoms with E-state index in [-0.39, 0.29) is 17.4 Å².